The Morgan fingerprint density at radius 2 is 1.80 bits per heavy atom. The van der Waals surface area contributed by atoms with Crippen LogP contribution < -0.4 is 9.27 Å². The second-order valence-electron chi connectivity index (χ2n) is 6.18. The van der Waals surface area contributed by atoms with Crippen LogP contribution in [0.1, 0.15) is 13.8 Å². The average molecular weight is 331 g/mol. The van der Waals surface area contributed by atoms with Gasteiger partial charge in [0.25, 0.3) is 17.6 Å². The van der Waals surface area contributed by atoms with Gasteiger partial charge in [0.15, 0.2) is 5.69 Å². The number of para-hydroxylation sites is 1. The lowest BCUT2D eigenvalue weighted by Crippen LogP contribution is -2.37. The summed E-state index contributed by atoms with van der Waals surface area (Å²) in [4.78, 5) is 7.25. The van der Waals surface area contributed by atoms with Gasteiger partial charge in [-0.1, -0.05) is 30.4 Å². The van der Waals surface area contributed by atoms with Gasteiger partial charge in [-0.3, -0.25) is 0 Å². The number of benzene rings is 2. The lowest BCUT2D eigenvalue weighted by atomic mass is 10.1. The van der Waals surface area contributed by atoms with Crippen molar-refractivity contribution < 1.29 is 4.37 Å². The second-order valence-corrected chi connectivity index (χ2v) is 6.18. The minimum absolute atomic E-state index is 0.0619. The van der Waals surface area contributed by atoms with Crippen LogP contribution in [-0.4, -0.2) is 24.9 Å². The maximum atomic E-state index is 4.89. The lowest BCUT2D eigenvalue weighted by molar-refractivity contribution is 0.0986. The Bertz CT molecular complexity index is 848. The van der Waals surface area contributed by atoms with E-state index in [0.29, 0.717) is 0 Å². The number of hydrogen-bond acceptors (Lipinski definition) is 2. The van der Waals surface area contributed by atoms with E-state index in [1.54, 1.807) is 0 Å². The fourth-order valence-corrected chi connectivity index (χ4v) is 3.49. The molecule has 0 aromatic heterocycles. The van der Waals surface area contributed by atoms with Gasteiger partial charge < -0.3 is 9.27 Å². The fourth-order valence-electron chi connectivity index (χ4n) is 3.49. The number of fused-ring (bicyclic) bond motifs is 2. The van der Waals surface area contributed by atoms with Gasteiger partial charge >= 0.3 is 0 Å². The molecule has 0 saturated carbocycles. The van der Waals surface area contributed by atoms with Crippen molar-refractivity contribution in [1.82, 2.24) is 0 Å². The van der Waals surface area contributed by atoms with Crippen LogP contribution in [-0.2, 0) is 0 Å². The monoisotopic (exact) mass is 331 g/mol. The zero-order chi connectivity index (χ0) is 17.2. The third-order valence-corrected chi connectivity index (χ3v) is 4.77. The van der Waals surface area contributed by atoms with Crippen molar-refractivity contribution in [3.63, 3.8) is 0 Å². The van der Waals surface area contributed by atoms with Crippen molar-refractivity contribution in [2.75, 3.05) is 18.0 Å². The van der Waals surface area contributed by atoms with E-state index in [2.05, 4.69) is 83.8 Å². The van der Waals surface area contributed by atoms with Crippen molar-refractivity contribution in [1.29, 1.82) is 0 Å². The Morgan fingerprint density at radius 1 is 1.00 bits per heavy atom. The standard InChI is InChI=1S/C22H23N2O/c1-3-24(4-2)17-14-15-20-22(16-17)25(18-10-6-5-7-11-18)21-13-9-8-12-19(21)23-20/h5-16,21H,3-4H2,1-2H3/q+1. The molecule has 2 aromatic carbocycles. The van der Waals surface area contributed by atoms with E-state index in [1.165, 1.54) is 5.69 Å². The fraction of sp³-hybridized carbons (Fsp3) is 0.227. The molecule has 0 spiro atoms. The van der Waals surface area contributed by atoms with E-state index in [-0.39, 0.29) is 6.10 Å². The van der Waals surface area contributed by atoms with Gasteiger partial charge in [0.2, 0.25) is 0 Å². The van der Waals surface area contributed by atoms with Crippen molar-refractivity contribution in [2.24, 2.45) is 4.99 Å². The smallest absolute Gasteiger partial charge is 0.290 e. The molecule has 2 aromatic rings. The van der Waals surface area contributed by atoms with Crippen LogP contribution in [0.25, 0.3) is 0 Å². The summed E-state index contributed by atoms with van der Waals surface area (Å²) < 4.78 is 3.43. The van der Waals surface area contributed by atoms with Crippen LogP contribution in [0.4, 0.5) is 11.4 Å². The van der Waals surface area contributed by atoms with Crippen molar-refractivity contribution in [3.8, 4) is 11.5 Å². The van der Waals surface area contributed by atoms with Gasteiger partial charge in [0.1, 0.15) is 5.71 Å². The molecular weight excluding hydrogens is 308 g/mol. The Kier molecular flexibility index (Phi) is 4.14. The number of anilines is 1. The molecule has 4 rings (SSSR count). The summed E-state index contributed by atoms with van der Waals surface area (Å²) in [6, 6.07) is 17.0. The van der Waals surface area contributed by atoms with Crippen LogP contribution in [0, 0.1) is 0 Å². The molecule has 0 fully saturated rings. The zero-order valence-electron chi connectivity index (χ0n) is 14.7. The molecule has 0 N–H and O–H groups in total. The van der Waals surface area contributed by atoms with Crippen LogP contribution in [0.5, 0.6) is 11.5 Å². The first kappa shape index (κ1) is 15.7. The first-order valence-corrected chi connectivity index (χ1v) is 8.92. The molecule has 1 atom stereocenters. The van der Waals surface area contributed by atoms with E-state index in [0.717, 1.165) is 36.0 Å². The van der Waals surface area contributed by atoms with Crippen LogP contribution in [0.2, 0.25) is 0 Å². The Labute approximate surface area is 149 Å². The van der Waals surface area contributed by atoms with E-state index in [1.807, 2.05) is 12.1 Å². The maximum Gasteiger partial charge on any atom is 0.290 e. The predicted octanol–water partition coefficient (Wildman–Crippen LogP) is 5.44. The van der Waals surface area contributed by atoms with E-state index in [9.17, 15) is 0 Å². The number of rotatable bonds is 4. The topological polar surface area (TPSA) is 18.3 Å². The highest BCUT2D eigenvalue weighted by molar-refractivity contribution is 6.05. The average Bonchev–Trinajstić information content (AvgIpc) is 2.67. The summed E-state index contributed by atoms with van der Waals surface area (Å²) in [5.41, 5.74) is 3.28. The van der Waals surface area contributed by atoms with Crippen molar-refractivity contribution in [3.05, 3.63) is 72.8 Å². The quantitative estimate of drug-likeness (QED) is 0.682. The number of nitrogens with zero attached hydrogens (tertiary/aromatic N) is 2. The van der Waals surface area contributed by atoms with Crippen molar-refractivity contribution >= 4 is 17.1 Å². The van der Waals surface area contributed by atoms with Gasteiger partial charge in [-0.15, -0.1) is 0 Å². The van der Waals surface area contributed by atoms with Crippen molar-refractivity contribution in [2.45, 2.75) is 20.0 Å². The third kappa shape index (κ3) is 2.76. The minimum atomic E-state index is 0.0619. The summed E-state index contributed by atoms with van der Waals surface area (Å²) in [7, 11) is 0. The normalized spacial score (nSPS) is 17.8. The molecule has 1 aliphatic heterocycles. The largest absolute Gasteiger partial charge is 0.525 e. The van der Waals surface area contributed by atoms with E-state index in [4.69, 9.17) is 4.99 Å². The van der Waals surface area contributed by atoms with Gasteiger partial charge in [-0.05, 0) is 32.1 Å². The van der Waals surface area contributed by atoms with E-state index < -0.39 is 0 Å². The first-order valence-electron chi connectivity index (χ1n) is 8.92. The Morgan fingerprint density at radius 3 is 2.56 bits per heavy atom. The molecular formula is C22H23N2O+. The molecule has 0 saturated heterocycles. The number of hydrogen-bond donors (Lipinski definition) is 0. The summed E-state index contributed by atoms with van der Waals surface area (Å²) in [6.45, 7) is 6.36. The molecule has 1 unspecified atom stereocenters. The first-order chi connectivity index (χ1) is 12.3. The zero-order valence-corrected chi connectivity index (χ0v) is 14.7. The molecule has 2 aliphatic rings. The van der Waals surface area contributed by atoms with E-state index >= 15 is 0 Å². The minimum Gasteiger partial charge on any atom is -0.525 e. The van der Waals surface area contributed by atoms with Crippen LogP contribution in [0.3, 0.4) is 0 Å². The highest BCUT2D eigenvalue weighted by atomic mass is 16.7. The molecule has 1 heterocycles. The highest BCUT2D eigenvalue weighted by Gasteiger charge is 2.36. The van der Waals surface area contributed by atoms with Crippen LogP contribution >= 0.6 is 0 Å². The summed E-state index contributed by atoms with van der Waals surface area (Å²) in [5.74, 6) is 2.20. The molecule has 0 amide bonds. The van der Waals surface area contributed by atoms with Gasteiger partial charge in [0, 0.05) is 37.0 Å². The molecule has 1 aliphatic carbocycles. The molecule has 25 heavy (non-hydrogen) atoms. The third-order valence-electron chi connectivity index (χ3n) is 4.77. The van der Waals surface area contributed by atoms with Gasteiger partial charge in [-0.25, -0.2) is 4.99 Å². The number of aliphatic imine (C=N–C) groups is 1. The number of allylic oxidation sites excluding steroid dienone is 2. The Balaban J connectivity index is 1.88. The molecule has 0 radical (unpaired) electrons. The Hall–Kier alpha value is -2.81. The summed E-state index contributed by atoms with van der Waals surface area (Å²) in [5, 5.41) is 0. The molecule has 3 nitrogen and oxygen atoms in total. The summed E-state index contributed by atoms with van der Waals surface area (Å²) >= 11 is 0. The maximum absolute atomic E-state index is 4.89. The predicted molar refractivity (Wildman–Crippen MR) is 106 cm³/mol. The second kappa shape index (κ2) is 6.60. The SMILES string of the molecule is CCN(CC)c1ccc2c(c1)[O+](c1ccccc1)C1C=CC=CC1=N2. The lowest BCUT2D eigenvalue weighted by Gasteiger charge is -2.35. The van der Waals surface area contributed by atoms with Gasteiger partial charge in [-0.2, -0.15) is 0 Å². The molecule has 3 heteroatoms. The molecule has 126 valence electrons. The van der Waals surface area contributed by atoms with Gasteiger partial charge in [0.05, 0.1) is 6.07 Å². The van der Waals surface area contributed by atoms with Crippen LogP contribution in [0.15, 0.2) is 77.8 Å². The molecule has 0 bridgehead atoms. The summed E-state index contributed by atoms with van der Waals surface area (Å²) in [6.07, 6.45) is 8.48. The highest BCUT2D eigenvalue weighted by Crippen LogP contribution is 2.45.